The van der Waals surface area contributed by atoms with Gasteiger partial charge in [-0.2, -0.15) is 0 Å². The van der Waals surface area contributed by atoms with Crippen LogP contribution < -0.4 is 10.2 Å². The van der Waals surface area contributed by atoms with E-state index in [1.54, 1.807) is 39.2 Å². The molecular weight excluding hydrogens is 552 g/mol. The fourth-order valence-corrected chi connectivity index (χ4v) is 5.59. The minimum Gasteiger partial charge on any atom is -0.506 e. The van der Waals surface area contributed by atoms with Crippen LogP contribution in [0.4, 0.5) is 11.4 Å². The number of allylic oxidation sites excluding steroid dienone is 2. The van der Waals surface area contributed by atoms with Gasteiger partial charge >= 0.3 is 5.97 Å². The van der Waals surface area contributed by atoms with Crippen LogP contribution in [0.1, 0.15) is 59.4 Å². The highest BCUT2D eigenvalue weighted by Crippen LogP contribution is 2.45. The molecule has 3 rings (SSSR count). The number of nitrogens with one attached hydrogen (secondary N) is 1. The maximum atomic E-state index is 13.1. The number of hydrogen-bond acceptors (Lipinski definition) is 9. The van der Waals surface area contributed by atoms with Crippen molar-refractivity contribution in [3.63, 3.8) is 0 Å². The summed E-state index contributed by atoms with van der Waals surface area (Å²) < 4.78 is 17.2. The van der Waals surface area contributed by atoms with Gasteiger partial charge < -0.3 is 39.7 Å². The molecule has 1 saturated heterocycles. The van der Waals surface area contributed by atoms with Crippen molar-refractivity contribution in [3.05, 3.63) is 47.1 Å². The number of carbonyl (C=O) groups excluding carboxylic acids is 2. The molecule has 10 heteroatoms. The summed E-state index contributed by atoms with van der Waals surface area (Å²) >= 11 is 0. The average molecular weight is 601 g/mol. The molecule has 0 saturated carbocycles. The normalized spacial score (nSPS) is 30.7. The molecule has 0 radical (unpaired) electrons. The number of rotatable bonds is 5. The van der Waals surface area contributed by atoms with Crippen LogP contribution in [-0.2, 0) is 30.2 Å². The van der Waals surface area contributed by atoms with Crippen LogP contribution in [0.2, 0.25) is 0 Å². The molecule has 1 fully saturated rings. The Morgan fingerprint density at radius 2 is 1.84 bits per heavy atom. The Hall–Kier alpha value is -3.34. The second kappa shape index (κ2) is 15.4. The van der Waals surface area contributed by atoms with Crippen molar-refractivity contribution >= 4 is 23.3 Å². The first-order chi connectivity index (χ1) is 20.4. The second-order valence-electron chi connectivity index (χ2n) is 11.7. The third kappa shape index (κ3) is 8.40. The summed E-state index contributed by atoms with van der Waals surface area (Å²) in [6.45, 7) is 10.6. The van der Waals surface area contributed by atoms with Gasteiger partial charge in [0.15, 0.2) is 6.10 Å². The van der Waals surface area contributed by atoms with E-state index in [4.69, 9.17) is 14.2 Å². The summed E-state index contributed by atoms with van der Waals surface area (Å²) in [4.78, 5) is 27.5. The van der Waals surface area contributed by atoms with E-state index >= 15 is 0 Å². The second-order valence-corrected chi connectivity index (χ2v) is 11.7. The van der Waals surface area contributed by atoms with Crippen LogP contribution in [0.3, 0.4) is 0 Å². The zero-order valence-electron chi connectivity index (χ0n) is 26.4. The number of aliphatic hydroxyl groups excluding tert-OH is 1. The predicted molar refractivity (Wildman–Crippen MR) is 166 cm³/mol. The number of carbonyl (C=O) groups is 2. The molecule has 2 heterocycles. The molecular formula is C33H48N2O8. The van der Waals surface area contributed by atoms with Gasteiger partial charge in [0, 0.05) is 56.9 Å². The molecule has 0 unspecified atom stereocenters. The lowest BCUT2D eigenvalue weighted by atomic mass is 9.87. The average Bonchev–Trinajstić information content (AvgIpc) is 2.95. The molecule has 2 aliphatic heterocycles. The number of fused-ring (bicyclic) bond motifs is 2. The first-order valence-corrected chi connectivity index (χ1v) is 15.0. The molecule has 6 atom stereocenters. The van der Waals surface area contributed by atoms with E-state index < -0.39 is 36.3 Å². The van der Waals surface area contributed by atoms with E-state index in [1.807, 2.05) is 31.7 Å². The first-order valence-electron chi connectivity index (χ1n) is 15.0. The van der Waals surface area contributed by atoms with E-state index in [2.05, 4.69) is 5.32 Å². The van der Waals surface area contributed by atoms with E-state index in [9.17, 15) is 24.9 Å². The van der Waals surface area contributed by atoms with Gasteiger partial charge in [-0.05, 0) is 44.6 Å². The number of ether oxygens (including phenoxy) is 3. The Balaban J connectivity index is 2.10. The lowest BCUT2D eigenvalue weighted by Gasteiger charge is -2.36. The van der Waals surface area contributed by atoms with Crippen molar-refractivity contribution in [2.75, 3.05) is 37.5 Å². The zero-order valence-corrected chi connectivity index (χ0v) is 26.4. The standard InChI is InChI=1S/C33H48N2O8/c1-8-28(37)43-32-22(5)17-21(4)30(38)27(42-7)16-19(2)15-23-29(35-13-10-14-35)25(36)18-24(31(23)39)34-33(40)20(3)11-9-12-26(32)41-6/h9,11-12,17-19,21,26-27,30,32,36,38-39H,8,10,13-16H2,1-7H3,(H,34,40)/b12-9-,20-11+,22-17+/t19-,21+,26+,27+,30-,32+/m1/s1. The summed E-state index contributed by atoms with van der Waals surface area (Å²) in [5.74, 6) is -1.39. The largest absolute Gasteiger partial charge is 0.506 e. The van der Waals surface area contributed by atoms with Gasteiger partial charge in [0.2, 0.25) is 0 Å². The van der Waals surface area contributed by atoms with Gasteiger partial charge in [0.1, 0.15) is 17.6 Å². The number of phenols is 2. The van der Waals surface area contributed by atoms with Crippen molar-refractivity contribution in [3.8, 4) is 11.5 Å². The third-order valence-corrected chi connectivity index (χ3v) is 8.28. The summed E-state index contributed by atoms with van der Waals surface area (Å²) in [6, 6.07) is 1.38. The molecule has 10 nitrogen and oxygen atoms in total. The van der Waals surface area contributed by atoms with E-state index in [0.717, 1.165) is 19.5 Å². The molecule has 2 bridgehead atoms. The Bertz CT molecular complexity index is 1240. The Labute approximate surface area is 255 Å². The van der Waals surface area contributed by atoms with E-state index in [-0.39, 0.29) is 35.4 Å². The van der Waals surface area contributed by atoms with Crippen LogP contribution in [0.15, 0.2) is 41.5 Å². The maximum Gasteiger partial charge on any atom is 0.306 e. The molecule has 1 amide bonds. The lowest BCUT2D eigenvalue weighted by Crippen LogP contribution is -2.38. The van der Waals surface area contributed by atoms with Crippen molar-refractivity contribution < 1.29 is 39.1 Å². The summed E-state index contributed by atoms with van der Waals surface area (Å²) in [5, 5.41) is 36.5. The molecule has 238 valence electrons. The van der Waals surface area contributed by atoms with Crippen LogP contribution in [0.5, 0.6) is 11.5 Å². The smallest absolute Gasteiger partial charge is 0.306 e. The number of benzene rings is 1. The summed E-state index contributed by atoms with van der Waals surface area (Å²) in [7, 11) is 3.06. The van der Waals surface area contributed by atoms with E-state index in [1.165, 1.54) is 13.2 Å². The number of aliphatic hydroxyl groups is 1. The number of phenolic OH excluding ortho intramolecular Hbond substituents is 2. The lowest BCUT2D eigenvalue weighted by molar-refractivity contribution is -0.151. The fraction of sp³-hybridized carbons (Fsp3) is 0.576. The van der Waals surface area contributed by atoms with E-state index in [0.29, 0.717) is 35.2 Å². The Morgan fingerprint density at radius 1 is 1.14 bits per heavy atom. The number of methoxy groups -OCH3 is 2. The van der Waals surface area contributed by atoms with Crippen molar-refractivity contribution in [2.45, 2.75) is 84.7 Å². The molecule has 0 spiro atoms. The summed E-state index contributed by atoms with van der Waals surface area (Å²) in [5.41, 5.74) is 2.27. The highest BCUT2D eigenvalue weighted by molar-refractivity contribution is 6.05. The van der Waals surface area contributed by atoms with Gasteiger partial charge in [0.05, 0.1) is 23.6 Å². The topological polar surface area (TPSA) is 138 Å². The van der Waals surface area contributed by atoms with Crippen molar-refractivity contribution in [1.29, 1.82) is 0 Å². The van der Waals surface area contributed by atoms with Crippen LogP contribution in [-0.4, -0.2) is 78.9 Å². The quantitative estimate of drug-likeness (QED) is 0.165. The number of amides is 1. The summed E-state index contributed by atoms with van der Waals surface area (Å²) in [6.07, 6.45) is 5.98. The highest BCUT2D eigenvalue weighted by atomic mass is 16.6. The highest BCUT2D eigenvalue weighted by Gasteiger charge is 2.31. The number of anilines is 2. The number of esters is 1. The third-order valence-electron chi connectivity index (χ3n) is 8.28. The first kappa shape index (κ1) is 34.2. The van der Waals surface area contributed by atoms with Gasteiger partial charge in [0.25, 0.3) is 5.91 Å². The monoisotopic (exact) mass is 600 g/mol. The molecule has 0 aliphatic carbocycles. The van der Waals surface area contributed by atoms with Gasteiger partial charge in [-0.15, -0.1) is 0 Å². The predicted octanol–water partition coefficient (Wildman–Crippen LogP) is 4.63. The van der Waals surface area contributed by atoms with Crippen LogP contribution >= 0.6 is 0 Å². The number of nitrogens with zero attached hydrogens (tertiary/aromatic N) is 1. The minimum absolute atomic E-state index is 0.0180. The number of aromatic hydroxyl groups is 2. The molecule has 43 heavy (non-hydrogen) atoms. The zero-order chi connectivity index (χ0) is 31.8. The van der Waals surface area contributed by atoms with Crippen LogP contribution in [0.25, 0.3) is 0 Å². The Kier molecular flexibility index (Phi) is 12.2. The minimum atomic E-state index is -0.878. The molecule has 2 aliphatic rings. The Morgan fingerprint density at radius 3 is 2.42 bits per heavy atom. The van der Waals surface area contributed by atoms with Crippen LogP contribution in [0, 0.1) is 11.8 Å². The van der Waals surface area contributed by atoms with Crippen molar-refractivity contribution in [2.24, 2.45) is 11.8 Å². The molecule has 1 aromatic rings. The fourth-order valence-electron chi connectivity index (χ4n) is 5.59. The maximum absolute atomic E-state index is 13.1. The number of hydrogen-bond donors (Lipinski definition) is 4. The molecule has 1 aromatic carbocycles. The van der Waals surface area contributed by atoms with Gasteiger partial charge in [-0.1, -0.05) is 45.1 Å². The SMILES string of the molecule is CCC(=O)O[C@H]1/C(C)=C/[C@H](C)[C@@H](O)[C@@H](OC)C[C@H](C)Cc2c(O)c(cc(O)c2N2CCC2)NC(=O)/C(C)=C/C=C\[C@@H]1OC. The van der Waals surface area contributed by atoms with Gasteiger partial charge in [-0.3, -0.25) is 9.59 Å². The van der Waals surface area contributed by atoms with Crippen molar-refractivity contribution in [1.82, 2.24) is 0 Å². The molecule has 4 N–H and O–H groups in total. The van der Waals surface area contributed by atoms with Gasteiger partial charge in [-0.25, -0.2) is 0 Å². The molecule has 0 aromatic heterocycles.